The lowest BCUT2D eigenvalue weighted by molar-refractivity contribution is 0.0793. The number of likely N-dealkylation sites (tertiary alicyclic amines) is 1. The Bertz CT molecular complexity index is 611. The molecule has 1 fully saturated rings. The number of hydrogen-bond donors (Lipinski definition) is 1. The van der Waals surface area contributed by atoms with Crippen molar-refractivity contribution in [1.29, 1.82) is 0 Å². The second kappa shape index (κ2) is 5.34. The van der Waals surface area contributed by atoms with Crippen molar-refractivity contribution < 1.29 is 4.79 Å². The largest absolute Gasteiger partial charge is 0.336 e. The maximum atomic E-state index is 12.4. The molecule has 1 aliphatic heterocycles. The van der Waals surface area contributed by atoms with Crippen molar-refractivity contribution in [3.8, 4) is 0 Å². The maximum Gasteiger partial charge on any atom is 0.265 e. The molecule has 0 aliphatic carbocycles. The molecule has 2 heterocycles. The van der Waals surface area contributed by atoms with Gasteiger partial charge in [0.25, 0.3) is 5.91 Å². The quantitative estimate of drug-likeness (QED) is 0.919. The molecular weight excluding hydrogens is 270 g/mol. The molecule has 1 aliphatic rings. The van der Waals surface area contributed by atoms with Gasteiger partial charge in [-0.1, -0.05) is 30.3 Å². The summed E-state index contributed by atoms with van der Waals surface area (Å²) in [5, 5.41) is 0.913. The molecule has 4 nitrogen and oxygen atoms in total. The Hall–Kier alpha value is -1.72. The minimum atomic E-state index is -0.00429. The highest BCUT2D eigenvalue weighted by Gasteiger charge is 2.34. The van der Waals surface area contributed by atoms with Crippen molar-refractivity contribution >= 4 is 17.2 Å². The smallest absolute Gasteiger partial charge is 0.265 e. The summed E-state index contributed by atoms with van der Waals surface area (Å²) in [5.74, 6) is 0.263. The summed E-state index contributed by atoms with van der Waals surface area (Å²) in [4.78, 5) is 19.1. The van der Waals surface area contributed by atoms with Gasteiger partial charge in [0.15, 0.2) is 0 Å². The van der Waals surface area contributed by atoms with E-state index >= 15 is 0 Å². The Morgan fingerprint density at radius 3 is 2.75 bits per heavy atom. The zero-order valence-electron chi connectivity index (χ0n) is 11.3. The number of nitrogens with zero attached hydrogens (tertiary/aromatic N) is 2. The number of aromatic nitrogens is 1. The van der Waals surface area contributed by atoms with Crippen LogP contribution < -0.4 is 5.73 Å². The van der Waals surface area contributed by atoms with E-state index in [2.05, 4.69) is 17.1 Å². The number of nitrogens with two attached hydrogens (primary N) is 1. The highest BCUT2D eigenvalue weighted by atomic mass is 32.1. The van der Waals surface area contributed by atoms with E-state index in [4.69, 9.17) is 5.73 Å². The first-order valence-corrected chi connectivity index (χ1v) is 7.49. The number of thiazole rings is 1. The monoisotopic (exact) mass is 287 g/mol. The maximum absolute atomic E-state index is 12.4. The minimum Gasteiger partial charge on any atom is -0.336 e. The molecule has 20 heavy (non-hydrogen) atoms. The van der Waals surface area contributed by atoms with E-state index in [1.807, 2.05) is 30.0 Å². The third-order valence-electron chi connectivity index (χ3n) is 3.71. The Morgan fingerprint density at radius 2 is 2.10 bits per heavy atom. The Morgan fingerprint density at radius 1 is 1.35 bits per heavy atom. The van der Waals surface area contributed by atoms with Crippen molar-refractivity contribution in [1.82, 2.24) is 9.88 Å². The Kier molecular flexibility index (Phi) is 3.54. The summed E-state index contributed by atoms with van der Waals surface area (Å²) in [5.41, 5.74) is 7.42. The summed E-state index contributed by atoms with van der Waals surface area (Å²) in [6.07, 6.45) is 1.66. The summed E-state index contributed by atoms with van der Waals surface area (Å²) in [6, 6.07) is 10.2. The van der Waals surface area contributed by atoms with E-state index in [1.54, 1.807) is 6.20 Å². The molecule has 1 aromatic heterocycles. The van der Waals surface area contributed by atoms with Crippen molar-refractivity contribution in [3.05, 3.63) is 52.0 Å². The lowest BCUT2D eigenvalue weighted by Crippen LogP contribution is -2.31. The number of aryl methyl sites for hydroxylation is 1. The Labute approximate surface area is 122 Å². The van der Waals surface area contributed by atoms with E-state index in [1.165, 1.54) is 16.9 Å². The van der Waals surface area contributed by atoms with Crippen molar-refractivity contribution in [2.75, 3.05) is 13.1 Å². The molecule has 2 aromatic rings. The molecule has 0 saturated carbocycles. The number of amides is 1. The molecule has 2 N–H and O–H groups in total. The fourth-order valence-electron chi connectivity index (χ4n) is 2.66. The van der Waals surface area contributed by atoms with Crippen LogP contribution in [-0.4, -0.2) is 34.9 Å². The third kappa shape index (κ3) is 2.46. The average molecular weight is 287 g/mol. The van der Waals surface area contributed by atoms with Gasteiger partial charge in [0.2, 0.25) is 0 Å². The Balaban J connectivity index is 1.77. The van der Waals surface area contributed by atoms with Crippen LogP contribution in [0.2, 0.25) is 0 Å². The van der Waals surface area contributed by atoms with E-state index in [0.717, 1.165) is 5.01 Å². The molecule has 104 valence electrons. The molecule has 3 rings (SSSR count). The number of benzene rings is 1. The summed E-state index contributed by atoms with van der Waals surface area (Å²) in [6.45, 7) is 3.19. The molecule has 5 heteroatoms. The van der Waals surface area contributed by atoms with Gasteiger partial charge >= 0.3 is 0 Å². The summed E-state index contributed by atoms with van der Waals surface area (Å²) in [7, 11) is 0. The highest BCUT2D eigenvalue weighted by molar-refractivity contribution is 7.13. The van der Waals surface area contributed by atoms with Gasteiger partial charge in [-0.25, -0.2) is 4.98 Å². The van der Waals surface area contributed by atoms with Crippen LogP contribution in [0.1, 0.15) is 26.2 Å². The highest BCUT2D eigenvalue weighted by Crippen LogP contribution is 2.28. The van der Waals surface area contributed by atoms with Gasteiger partial charge in [0, 0.05) is 25.0 Å². The molecule has 1 saturated heterocycles. The lowest BCUT2D eigenvalue weighted by atomic mass is 9.95. The zero-order valence-corrected chi connectivity index (χ0v) is 12.1. The zero-order chi connectivity index (χ0) is 14.1. The van der Waals surface area contributed by atoms with Gasteiger partial charge in [-0.15, -0.1) is 11.3 Å². The lowest BCUT2D eigenvalue weighted by Gasteiger charge is -2.15. The topological polar surface area (TPSA) is 59.2 Å². The first-order valence-electron chi connectivity index (χ1n) is 6.67. The van der Waals surface area contributed by atoms with Crippen LogP contribution >= 0.6 is 11.3 Å². The molecule has 0 radical (unpaired) electrons. The standard InChI is InChI=1S/C15H17N3OS/c1-10-17-7-14(20-10)15(19)18-8-12(13(16)9-18)11-5-3-2-4-6-11/h2-7,12-13H,8-9,16H2,1H3/t12-,13+/m0/s1. The molecule has 2 atom stereocenters. The van der Waals surface area contributed by atoms with Gasteiger partial charge in [0.05, 0.1) is 11.2 Å². The van der Waals surface area contributed by atoms with E-state index in [-0.39, 0.29) is 17.9 Å². The van der Waals surface area contributed by atoms with Crippen LogP contribution in [0, 0.1) is 6.92 Å². The summed E-state index contributed by atoms with van der Waals surface area (Å²) < 4.78 is 0. The fraction of sp³-hybridized carbons (Fsp3) is 0.333. The van der Waals surface area contributed by atoms with Gasteiger partial charge in [-0.2, -0.15) is 0 Å². The predicted octanol–water partition coefficient (Wildman–Crippen LogP) is 2.02. The van der Waals surface area contributed by atoms with Crippen LogP contribution in [-0.2, 0) is 0 Å². The number of rotatable bonds is 2. The summed E-state index contributed by atoms with van der Waals surface area (Å²) >= 11 is 1.44. The number of carbonyl (C=O) groups excluding carboxylic acids is 1. The molecule has 0 unspecified atom stereocenters. The normalized spacial score (nSPS) is 22.2. The van der Waals surface area contributed by atoms with E-state index in [9.17, 15) is 4.79 Å². The van der Waals surface area contributed by atoms with Gasteiger partial charge in [-0.05, 0) is 12.5 Å². The van der Waals surface area contributed by atoms with Gasteiger partial charge < -0.3 is 10.6 Å². The molecular formula is C15H17N3OS. The average Bonchev–Trinajstić information content (AvgIpc) is 3.05. The first-order chi connectivity index (χ1) is 9.65. The first kappa shape index (κ1) is 13.3. The van der Waals surface area contributed by atoms with E-state index < -0.39 is 0 Å². The molecule has 0 spiro atoms. The second-order valence-corrected chi connectivity index (χ2v) is 6.37. The third-order valence-corrected chi connectivity index (χ3v) is 4.61. The second-order valence-electron chi connectivity index (χ2n) is 5.13. The van der Waals surface area contributed by atoms with Crippen LogP contribution in [0.4, 0.5) is 0 Å². The minimum absolute atomic E-state index is 0.00429. The van der Waals surface area contributed by atoms with Crippen molar-refractivity contribution in [2.45, 2.75) is 18.9 Å². The van der Waals surface area contributed by atoms with Gasteiger partial charge in [-0.3, -0.25) is 4.79 Å². The van der Waals surface area contributed by atoms with Crippen LogP contribution in [0.25, 0.3) is 0 Å². The van der Waals surface area contributed by atoms with Gasteiger partial charge in [0.1, 0.15) is 4.88 Å². The van der Waals surface area contributed by atoms with E-state index in [0.29, 0.717) is 18.0 Å². The number of hydrogen-bond acceptors (Lipinski definition) is 4. The molecule has 1 amide bonds. The van der Waals surface area contributed by atoms with Crippen molar-refractivity contribution in [2.24, 2.45) is 5.73 Å². The van der Waals surface area contributed by atoms with Crippen LogP contribution in [0.3, 0.4) is 0 Å². The molecule has 0 bridgehead atoms. The predicted molar refractivity (Wildman–Crippen MR) is 79.9 cm³/mol. The SMILES string of the molecule is Cc1ncc(C(=O)N2C[C@@H](N)[C@H](c3ccccc3)C2)s1. The molecule has 1 aromatic carbocycles. The number of carbonyl (C=O) groups is 1. The van der Waals surface area contributed by atoms with Crippen LogP contribution in [0.15, 0.2) is 36.5 Å². The van der Waals surface area contributed by atoms with Crippen LogP contribution in [0.5, 0.6) is 0 Å². The fourth-order valence-corrected chi connectivity index (χ4v) is 3.41. The van der Waals surface area contributed by atoms with Crippen molar-refractivity contribution in [3.63, 3.8) is 0 Å².